The zero-order valence-corrected chi connectivity index (χ0v) is 13.5. The van der Waals surface area contributed by atoms with Crippen LogP contribution < -0.4 is 11.1 Å². The number of rotatable bonds is 4. The fourth-order valence-corrected chi connectivity index (χ4v) is 2.46. The maximum Gasteiger partial charge on any atom is 0.340 e. The molecule has 0 radical (unpaired) electrons. The minimum absolute atomic E-state index is 0.359. The van der Waals surface area contributed by atoms with Gasteiger partial charge >= 0.3 is 5.97 Å². The fraction of sp³-hybridized carbons (Fsp3) is 0.188. The van der Waals surface area contributed by atoms with Crippen LogP contribution in [0.1, 0.15) is 22.8 Å². The van der Waals surface area contributed by atoms with E-state index in [-0.39, 0.29) is 0 Å². The summed E-state index contributed by atoms with van der Waals surface area (Å²) in [6.45, 7) is 2.09. The Kier molecular flexibility index (Phi) is 4.85. The third kappa shape index (κ3) is 3.55. The van der Waals surface area contributed by atoms with Crippen LogP contribution in [-0.4, -0.2) is 13.1 Å². The summed E-state index contributed by atoms with van der Waals surface area (Å²) in [6, 6.07) is 11.3. The van der Waals surface area contributed by atoms with Crippen molar-refractivity contribution in [3.63, 3.8) is 0 Å². The van der Waals surface area contributed by atoms with E-state index in [0.717, 1.165) is 22.3 Å². The van der Waals surface area contributed by atoms with Crippen LogP contribution in [0.5, 0.6) is 0 Å². The van der Waals surface area contributed by atoms with Gasteiger partial charge in [0.15, 0.2) is 0 Å². The zero-order valence-electron chi connectivity index (χ0n) is 11.9. The molecule has 0 aliphatic carbocycles. The Labute approximate surface area is 132 Å². The van der Waals surface area contributed by atoms with Gasteiger partial charge in [-0.05, 0) is 48.4 Å². The summed E-state index contributed by atoms with van der Waals surface area (Å²) in [5.74, 6) is -0.442. The molecule has 0 saturated heterocycles. The van der Waals surface area contributed by atoms with Crippen LogP contribution in [0.2, 0.25) is 0 Å². The van der Waals surface area contributed by atoms with Crippen LogP contribution >= 0.6 is 15.9 Å². The average molecular weight is 349 g/mol. The summed E-state index contributed by atoms with van der Waals surface area (Å²) < 4.78 is 5.77. The van der Waals surface area contributed by atoms with Crippen LogP contribution in [0.15, 0.2) is 40.9 Å². The molecule has 21 heavy (non-hydrogen) atoms. The number of hydrogen-bond acceptors (Lipinski definition) is 4. The first kappa shape index (κ1) is 15.4. The van der Waals surface area contributed by atoms with Crippen LogP contribution in [0.25, 0.3) is 0 Å². The molecular formula is C16H17BrN2O2. The van der Waals surface area contributed by atoms with Crippen LogP contribution in [0, 0.1) is 0 Å². The molecule has 0 unspecified atom stereocenters. The predicted molar refractivity (Wildman–Crippen MR) is 89.0 cm³/mol. The van der Waals surface area contributed by atoms with Gasteiger partial charge in [-0.25, -0.2) is 4.79 Å². The highest BCUT2D eigenvalue weighted by Gasteiger charge is 2.11. The second-order valence-electron chi connectivity index (χ2n) is 4.57. The summed E-state index contributed by atoms with van der Waals surface area (Å²) in [6.07, 6.45) is 0.903. The molecule has 2 rings (SSSR count). The minimum atomic E-state index is -0.442. The molecule has 3 N–H and O–H groups in total. The summed E-state index contributed by atoms with van der Waals surface area (Å²) in [4.78, 5) is 11.7. The number of halogens is 1. The molecule has 5 heteroatoms. The smallest absolute Gasteiger partial charge is 0.340 e. The first-order valence-electron chi connectivity index (χ1n) is 6.58. The number of carbonyl (C=O) groups is 1. The lowest BCUT2D eigenvalue weighted by atomic mass is 10.1. The Morgan fingerprint density at radius 3 is 2.71 bits per heavy atom. The lowest BCUT2D eigenvalue weighted by Crippen LogP contribution is -2.06. The maximum atomic E-state index is 11.7. The normalized spacial score (nSPS) is 10.2. The maximum absolute atomic E-state index is 11.7. The highest BCUT2D eigenvalue weighted by Crippen LogP contribution is 2.27. The molecule has 2 aromatic carbocycles. The molecule has 0 aliphatic heterocycles. The Morgan fingerprint density at radius 1 is 1.29 bits per heavy atom. The van der Waals surface area contributed by atoms with Gasteiger partial charge in [-0.3, -0.25) is 0 Å². The van der Waals surface area contributed by atoms with Gasteiger partial charge in [0, 0.05) is 21.5 Å². The van der Waals surface area contributed by atoms with Crippen molar-refractivity contribution in [2.75, 3.05) is 18.2 Å². The van der Waals surface area contributed by atoms with Gasteiger partial charge in [-0.15, -0.1) is 0 Å². The molecule has 0 amide bonds. The van der Waals surface area contributed by atoms with E-state index >= 15 is 0 Å². The Balaban J connectivity index is 2.34. The molecule has 0 spiro atoms. The first-order valence-corrected chi connectivity index (χ1v) is 7.37. The molecule has 0 heterocycles. The van der Waals surface area contributed by atoms with Gasteiger partial charge < -0.3 is 15.8 Å². The molecule has 0 bridgehead atoms. The number of methoxy groups -OCH3 is 1. The highest BCUT2D eigenvalue weighted by molar-refractivity contribution is 9.10. The van der Waals surface area contributed by atoms with Gasteiger partial charge in [-0.1, -0.05) is 22.9 Å². The predicted octanol–water partition coefficient (Wildman–Crippen LogP) is 4.12. The number of nitrogen functional groups attached to an aromatic ring is 1. The topological polar surface area (TPSA) is 64.3 Å². The number of esters is 1. The van der Waals surface area contributed by atoms with Crippen molar-refractivity contribution in [2.45, 2.75) is 13.3 Å². The number of hydrogen-bond donors (Lipinski definition) is 2. The largest absolute Gasteiger partial charge is 0.465 e. The number of anilines is 3. The molecular weight excluding hydrogens is 332 g/mol. The molecule has 0 aliphatic rings. The highest BCUT2D eigenvalue weighted by atomic mass is 79.9. The summed E-state index contributed by atoms with van der Waals surface area (Å²) in [5.41, 5.74) is 9.54. The van der Waals surface area contributed by atoms with E-state index in [4.69, 9.17) is 10.5 Å². The molecule has 2 aromatic rings. The van der Waals surface area contributed by atoms with Crippen LogP contribution in [0.3, 0.4) is 0 Å². The van der Waals surface area contributed by atoms with Crippen molar-refractivity contribution in [1.29, 1.82) is 0 Å². The number of carbonyl (C=O) groups excluding carboxylic acids is 1. The van der Waals surface area contributed by atoms with Crippen molar-refractivity contribution in [2.24, 2.45) is 0 Å². The van der Waals surface area contributed by atoms with E-state index in [2.05, 4.69) is 34.2 Å². The van der Waals surface area contributed by atoms with Crippen LogP contribution in [-0.2, 0) is 11.2 Å². The van der Waals surface area contributed by atoms with Crippen LogP contribution in [0.4, 0.5) is 17.1 Å². The van der Waals surface area contributed by atoms with Gasteiger partial charge in [0.1, 0.15) is 0 Å². The SMILES string of the molecule is CCc1cc(Br)ccc1Nc1ccc(N)c(C(=O)OC)c1. The minimum Gasteiger partial charge on any atom is -0.465 e. The molecule has 0 aromatic heterocycles. The molecule has 110 valence electrons. The number of benzene rings is 2. The van der Waals surface area contributed by atoms with E-state index in [1.807, 2.05) is 18.2 Å². The lowest BCUT2D eigenvalue weighted by Gasteiger charge is -2.13. The Hall–Kier alpha value is -2.01. The lowest BCUT2D eigenvalue weighted by molar-refractivity contribution is 0.0602. The monoisotopic (exact) mass is 348 g/mol. The molecule has 4 nitrogen and oxygen atoms in total. The van der Waals surface area contributed by atoms with E-state index in [1.54, 1.807) is 12.1 Å². The number of aryl methyl sites for hydroxylation is 1. The van der Waals surface area contributed by atoms with Gasteiger partial charge in [0.25, 0.3) is 0 Å². The van der Waals surface area contributed by atoms with Crippen molar-refractivity contribution in [3.8, 4) is 0 Å². The molecule has 0 fully saturated rings. The second kappa shape index (κ2) is 6.63. The Morgan fingerprint density at radius 2 is 2.05 bits per heavy atom. The summed E-state index contributed by atoms with van der Waals surface area (Å²) in [5, 5.41) is 3.31. The fourth-order valence-electron chi connectivity index (χ4n) is 2.05. The van der Waals surface area contributed by atoms with Crippen molar-refractivity contribution in [3.05, 3.63) is 52.0 Å². The third-order valence-electron chi connectivity index (χ3n) is 3.19. The number of nitrogens with two attached hydrogens (primary N) is 1. The molecule has 0 saturated carbocycles. The summed E-state index contributed by atoms with van der Waals surface area (Å²) >= 11 is 3.47. The number of nitrogens with one attached hydrogen (secondary N) is 1. The Bertz CT molecular complexity index is 671. The standard InChI is InChI=1S/C16H17BrN2O2/c1-3-10-8-11(17)4-7-15(10)19-12-5-6-14(18)13(9-12)16(20)21-2/h4-9,19H,3,18H2,1-2H3. The van der Waals surface area contributed by atoms with Gasteiger partial charge in [0.05, 0.1) is 12.7 Å². The molecule has 0 atom stereocenters. The second-order valence-corrected chi connectivity index (χ2v) is 5.49. The van der Waals surface area contributed by atoms with Crippen molar-refractivity contribution in [1.82, 2.24) is 0 Å². The third-order valence-corrected chi connectivity index (χ3v) is 3.68. The zero-order chi connectivity index (χ0) is 15.4. The summed E-state index contributed by atoms with van der Waals surface area (Å²) in [7, 11) is 1.34. The van der Waals surface area contributed by atoms with E-state index in [1.165, 1.54) is 12.7 Å². The van der Waals surface area contributed by atoms with Gasteiger partial charge in [-0.2, -0.15) is 0 Å². The van der Waals surface area contributed by atoms with Crippen molar-refractivity contribution >= 4 is 39.0 Å². The van der Waals surface area contributed by atoms with E-state index in [0.29, 0.717) is 11.3 Å². The average Bonchev–Trinajstić information content (AvgIpc) is 2.50. The first-order chi connectivity index (χ1) is 10.0. The van der Waals surface area contributed by atoms with E-state index in [9.17, 15) is 4.79 Å². The van der Waals surface area contributed by atoms with Crippen molar-refractivity contribution < 1.29 is 9.53 Å². The number of ether oxygens (including phenoxy) is 1. The quantitative estimate of drug-likeness (QED) is 0.644. The van der Waals surface area contributed by atoms with Gasteiger partial charge in [0.2, 0.25) is 0 Å². The van der Waals surface area contributed by atoms with E-state index < -0.39 is 5.97 Å².